The zero-order chi connectivity index (χ0) is 16.0. The monoisotopic (exact) mass is 306 g/mol. The Bertz CT molecular complexity index is 953. The van der Waals surface area contributed by atoms with E-state index in [-0.39, 0.29) is 11.7 Å². The number of carboxylic acid groups (broad SMARTS) is 1. The first-order valence-corrected chi connectivity index (χ1v) is 7.26. The Morgan fingerprint density at radius 2 is 2.00 bits per heavy atom. The van der Waals surface area contributed by atoms with Crippen LogP contribution >= 0.6 is 0 Å². The van der Waals surface area contributed by atoms with E-state index in [1.807, 2.05) is 42.5 Å². The Kier molecular flexibility index (Phi) is 2.90. The van der Waals surface area contributed by atoms with E-state index in [4.69, 9.17) is 0 Å². The van der Waals surface area contributed by atoms with Gasteiger partial charge in [-0.2, -0.15) is 10.1 Å². The van der Waals surface area contributed by atoms with Crippen LogP contribution in [0.1, 0.15) is 17.4 Å². The summed E-state index contributed by atoms with van der Waals surface area (Å²) in [5.74, 6) is 0.0280. The quantitative estimate of drug-likeness (QED) is 0.761. The molecule has 4 rings (SSSR count). The average molecular weight is 306 g/mol. The molecule has 0 bridgehead atoms. The Labute approximate surface area is 132 Å². The smallest absolute Gasteiger partial charge is 0.352 e. The van der Waals surface area contributed by atoms with Crippen molar-refractivity contribution in [2.24, 2.45) is 0 Å². The Morgan fingerprint density at radius 1 is 1.22 bits per heavy atom. The first-order chi connectivity index (χ1) is 11.1. The number of nitrogens with zero attached hydrogens (tertiary/aromatic N) is 3. The molecule has 1 aliphatic heterocycles. The van der Waals surface area contributed by atoms with Crippen LogP contribution in [-0.4, -0.2) is 25.8 Å². The number of allylic oxidation sites excluding steroid dienone is 1. The lowest BCUT2D eigenvalue weighted by Crippen LogP contribution is -2.24. The fraction of sp³-hybridized carbons (Fsp3) is 0.118. The molecule has 2 aromatic carbocycles. The van der Waals surface area contributed by atoms with Crippen molar-refractivity contribution in [1.82, 2.24) is 14.8 Å². The summed E-state index contributed by atoms with van der Waals surface area (Å²) in [5, 5.41) is 18.8. The molecule has 6 heteroatoms. The van der Waals surface area contributed by atoms with Gasteiger partial charge < -0.3 is 10.4 Å². The summed E-state index contributed by atoms with van der Waals surface area (Å²) in [6.07, 6.45) is 1.67. The van der Waals surface area contributed by atoms with Gasteiger partial charge >= 0.3 is 5.97 Å². The van der Waals surface area contributed by atoms with Crippen molar-refractivity contribution >= 4 is 22.7 Å². The maximum atomic E-state index is 11.4. The van der Waals surface area contributed by atoms with Gasteiger partial charge in [0, 0.05) is 0 Å². The fourth-order valence-electron chi connectivity index (χ4n) is 2.95. The number of nitrogens with one attached hydrogen (secondary N) is 1. The molecule has 0 fully saturated rings. The zero-order valence-electron chi connectivity index (χ0n) is 12.4. The van der Waals surface area contributed by atoms with Crippen molar-refractivity contribution in [3.05, 3.63) is 65.6 Å². The van der Waals surface area contributed by atoms with E-state index in [2.05, 4.69) is 15.4 Å². The van der Waals surface area contributed by atoms with Crippen molar-refractivity contribution in [3.8, 4) is 0 Å². The Hall–Kier alpha value is -3.15. The largest absolute Gasteiger partial charge is 0.477 e. The third-order valence-electron chi connectivity index (χ3n) is 3.94. The minimum absolute atomic E-state index is 0.114. The van der Waals surface area contributed by atoms with Crippen LogP contribution in [0.15, 0.2) is 54.2 Å². The summed E-state index contributed by atoms with van der Waals surface area (Å²) in [6, 6.07) is 13.7. The van der Waals surface area contributed by atoms with Gasteiger partial charge in [-0.15, -0.1) is 0 Å². The van der Waals surface area contributed by atoms with Crippen LogP contribution in [0, 0.1) is 6.92 Å². The van der Waals surface area contributed by atoms with E-state index in [9.17, 15) is 9.90 Å². The van der Waals surface area contributed by atoms with E-state index < -0.39 is 5.97 Å². The molecule has 6 nitrogen and oxygen atoms in total. The van der Waals surface area contributed by atoms with E-state index >= 15 is 0 Å². The Morgan fingerprint density at radius 3 is 2.83 bits per heavy atom. The molecule has 2 N–H and O–H groups in total. The highest BCUT2D eigenvalue weighted by atomic mass is 16.4. The van der Waals surface area contributed by atoms with E-state index in [0.717, 1.165) is 16.3 Å². The predicted molar refractivity (Wildman–Crippen MR) is 86.2 cm³/mol. The molecule has 0 saturated heterocycles. The molecule has 0 amide bonds. The van der Waals surface area contributed by atoms with Gasteiger partial charge in [-0.05, 0) is 29.3 Å². The summed E-state index contributed by atoms with van der Waals surface area (Å²) in [6.45, 7) is 1.79. The summed E-state index contributed by atoms with van der Waals surface area (Å²) in [7, 11) is 0. The van der Waals surface area contributed by atoms with Gasteiger partial charge in [-0.3, -0.25) is 0 Å². The molecule has 114 valence electrons. The van der Waals surface area contributed by atoms with Crippen molar-refractivity contribution in [2.75, 3.05) is 5.32 Å². The van der Waals surface area contributed by atoms with Crippen molar-refractivity contribution in [1.29, 1.82) is 0 Å². The van der Waals surface area contributed by atoms with Crippen LogP contribution in [0.4, 0.5) is 5.95 Å². The number of rotatable bonds is 2. The second-order valence-electron chi connectivity index (χ2n) is 5.45. The molecule has 0 saturated carbocycles. The minimum Gasteiger partial charge on any atom is -0.477 e. The number of aliphatic carboxylic acids is 1. The number of fused-ring (bicyclic) bond motifs is 2. The van der Waals surface area contributed by atoms with Crippen molar-refractivity contribution < 1.29 is 9.90 Å². The maximum Gasteiger partial charge on any atom is 0.352 e. The van der Waals surface area contributed by atoms with Gasteiger partial charge in [0.15, 0.2) is 0 Å². The molecule has 1 atom stereocenters. The van der Waals surface area contributed by atoms with Crippen molar-refractivity contribution in [2.45, 2.75) is 13.0 Å². The molecular formula is C17H14N4O2. The van der Waals surface area contributed by atoms with Crippen LogP contribution in [0.5, 0.6) is 0 Å². The van der Waals surface area contributed by atoms with E-state index in [1.165, 1.54) is 0 Å². The highest BCUT2D eigenvalue weighted by Gasteiger charge is 2.27. The highest BCUT2D eigenvalue weighted by Crippen LogP contribution is 2.33. The average Bonchev–Trinajstić information content (AvgIpc) is 2.93. The first kappa shape index (κ1) is 13.5. The molecule has 2 heterocycles. The standard InChI is InChI=1S/C17H14N4O2/c1-10-18-17-19-14(16(22)23)9-15(21(17)20-10)13-8-4-6-11-5-2-3-7-12(11)13/h2-9,15H,1H3,(H,22,23)(H,18,19,20)/t15-/m1/s1. The predicted octanol–water partition coefficient (Wildman–Crippen LogP) is 2.72. The molecule has 3 aromatic rings. The topological polar surface area (TPSA) is 80.0 Å². The molecule has 1 aromatic heterocycles. The summed E-state index contributed by atoms with van der Waals surface area (Å²) in [5.41, 5.74) is 1.11. The highest BCUT2D eigenvalue weighted by molar-refractivity contribution is 5.91. The molecule has 0 radical (unpaired) electrons. The third kappa shape index (κ3) is 2.15. The van der Waals surface area contributed by atoms with E-state index in [1.54, 1.807) is 17.7 Å². The van der Waals surface area contributed by atoms with E-state index in [0.29, 0.717) is 11.8 Å². The van der Waals surface area contributed by atoms with Gasteiger partial charge in [0.05, 0.1) is 0 Å². The van der Waals surface area contributed by atoms with Gasteiger partial charge in [0.2, 0.25) is 5.95 Å². The lowest BCUT2D eigenvalue weighted by Gasteiger charge is -2.23. The second-order valence-corrected chi connectivity index (χ2v) is 5.45. The van der Waals surface area contributed by atoms with Crippen LogP contribution in [0.3, 0.4) is 0 Å². The minimum atomic E-state index is -1.01. The summed E-state index contributed by atoms with van der Waals surface area (Å²) >= 11 is 0. The number of aryl methyl sites for hydroxylation is 1. The van der Waals surface area contributed by atoms with Gasteiger partial charge in [0.25, 0.3) is 0 Å². The lowest BCUT2D eigenvalue weighted by molar-refractivity contribution is -0.132. The molecule has 0 spiro atoms. The van der Waals surface area contributed by atoms with Crippen molar-refractivity contribution in [3.63, 3.8) is 0 Å². The number of anilines is 1. The Balaban J connectivity index is 1.97. The normalized spacial score (nSPS) is 16.6. The fourth-order valence-corrected chi connectivity index (χ4v) is 2.95. The zero-order valence-corrected chi connectivity index (χ0v) is 12.4. The van der Waals surface area contributed by atoms with Crippen LogP contribution in [0.25, 0.3) is 10.8 Å². The summed E-state index contributed by atoms with van der Waals surface area (Å²) < 4.78 is 1.73. The summed E-state index contributed by atoms with van der Waals surface area (Å²) in [4.78, 5) is 15.7. The molecule has 1 aliphatic rings. The lowest BCUT2D eigenvalue weighted by atomic mass is 9.97. The van der Waals surface area contributed by atoms with Gasteiger partial charge in [-0.25, -0.2) is 9.48 Å². The molecule has 0 unspecified atom stereocenters. The number of hydrogen-bond donors (Lipinski definition) is 2. The number of aromatic nitrogens is 3. The van der Waals surface area contributed by atoms with Crippen LogP contribution < -0.4 is 5.32 Å². The number of carboxylic acids is 1. The first-order valence-electron chi connectivity index (χ1n) is 7.26. The second kappa shape index (κ2) is 4.95. The van der Waals surface area contributed by atoms with Gasteiger partial charge in [-0.1, -0.05) is 42.5 Å². The number of carbonyl (C=O) groups is 1. The van der Waals surface area contributed by atoms with Crippen LogP contribution in [-0.2, 0) is 4.79 Å². The van der Waals surface area contributed by atoms with Gasteiger partial charge in [0.1, 0.15) is 17.6 Å². The molecular weight excluding hydrogens is 292 g/mol. The molecule has 23 heavy (non-hydrogen) atoms. The number of hydrogen-bond acceptors (Lipinski definition) is 4. The SMILES string of the molecule is Cc1nc2n(n1)[C@@H](c1cccc3ccccc13)C=C(C(=O)O)N2. The number of benzene rings is 2. The van der Waals surface area contributed by atoms with Crippen LogP contribution in [0.2, 0.25) is 0 Å². The molecule has 0 aliphatic carbocycles. The maximum absolute atomic E-state index is 11.4. The third-order valence-corrected chi connectivity index (χ3v) is 3.94.